The third kappa shape index (κ3) is 11.8. The Bertz CT molecular complexity index is 2420. The van der Waals surface area contributed by atoms with Crippen molar-refractivity contribution in [3.8, 4) is 11.5 Å². The Morgan fingerprint density at radius 2 is 1.10 bits per heavy atom. The van der Waals surface area contributed by atoms with E-state index in [1.54, 1.807) is 48.5 Å². The van der Waals surface area contributed by atoms with Crippen molar-refractivity contribution in [2.45, 2.75) is 45.7 Å². The minimum atomic E-state index is -1.93. The van der Waals surface area contributed by atoms with Crippen LogP contribution in [-0.2, 0) is 22.8 Å². The Balaban J connectivity index is 0.000000224. The van der Waals surface area contributed by atoms with E-state index in [0.29, 0.717) is 35.8 Å². The van der Waals surface area contributed by atoms with Crippen LogP contribution < -0.4 is 31.1 Å². The van der Waals surface area contributed by atoms with Gasteiger partial charge < -0.3 is 30.3 Å². The molecule has 16 heteroatoms. The number of amides is 4. The van der Waals surface area contributed by atoms with Crippen LogP contribution in [0.4, 0.5) is 0 Å². The molecule has 59 heavy (non-hydrogen) atoms. The number of aliphatic hydroxyl groups excluding tert-OH is 1. The highest BCUT2D eigenvalue weighted by molar-refractivity contribution is 5.95. The quantitative estimate of drug-likeness (QED) is 0.0579. The highest BCUT2D eigenvalue weighted by atomic mass is 16.5. The van der Waals surface area contributed by atoms with Crippen LogP contribution in [0.2, 0.25) is 0 Å². The van der Waals surface area contributed by atoms with Crippen LogP contribution in [0.5, 0.6) is 11.5 Å². The summed E-state index contributed by atoms with van der Waals surface area (Å²) in [5, 5.41) is 43.3. The molecule has 16 nitrogen and oxygen atoms in total. The minimum Gasteiger partial charge on any atom is -0.489 e. The standard InChI is InChI=1S/C22H23N3O5.C21H21N3O5/c1-14-11-16(18-5-3-4-6-19(18)24-14)12-30-17-9-7-15(8-10-17)20(26)23-13-22(2,28)21(27)25-29;1-13-10-15(17-4-2-3-5-18(17)23-13)12-29-16-8-6-14(7-9-16)20(26)22-11-19(25)21(27)24-28/h3-11,28-29H,12-13H2,1-2H3,(H,23,26)(H,25,27);2-10,19,25,28H,11-12H2,1H3,(H,22,26)(H,24,27)/t22-;19-/m11/s1. The molecule has 0 aliphatic rings. The van der Waals surface area contributed by atoms with Gasteiger partial charge >= 0.3 is 0 Å². The molecule has 6 aromatic rings. The molecule has 0 bridgehead atoms. The van der Waals surface area contributed by atoms with Crippen LogP contribution in [0.3, 0.4) is 0 Å². The molecule has 2 heterocycles. The van der Waals surface area contributed by atoms with Crippen molar-refractivity contribution in [3.05, 3.63) is 143 Å². The second kappa shape index (κ2) is 19.9. The zero-order valence-corrected chi connectivity index (χ0v) is 32.4. The van der Waals surface area contributed by atoms with Gasteiger partial charge in [0.1, 0.15) is 24.7 Å². The maximum atomic E-state index is 12.2. The first kappa shape index (κ1) is 43.1. The number of aromatic nitrogens is 2. The van der Waals surface area contributed by atoms with Gasteiger partial charge in [-0.2, -0.15) is 0 Å². The van der Waals surface area contributed by atoms with Crippen LogP contribution >= 0.6 is 0 Å². The van der Waals surface area contributed by atoms with E-state index in [4.69, 9.17) is 19.9 Å². The van der Waals surface area contributed by atoms with Gasteiger partial charge in [0.15, 0.2) is 11.7 Å². The summed E-state index contributed by atoms with van der Waals surface area (Å²) in [7, 11) is 0. The lowest BCUT2D eigenvalue weighted by Crippen LogP contribution is -2.51. The Morgan fingerprint density at radius 1 is 0.661 bits per heavy atom. The fourth-order valence-corrected chi connectivity index (χ4v) is 5.77. The fourth-order valence-electron chi connectivity index (χ4n) is 5.77. The molecule has 2 aromatic heterocycles. The summed E-state index contributed by atoms with van der Waals surface area (Å²) < 4.78 is 11.7. The van der Waals surface area contributed by atoms with Gasteiger partial charge in [-0.3, -0.25) is 39.6 Å². The maximum Gasteiger partial charge on any atom is 0.276 e. The lowest BCUT2D eigenvalue weighted by Gasteiger charge is -2.20. The molecule has 0 aliphatic carbocycles. The minimum absolute atomic E-state index is 0.321. The molecular formula is C43H44N6O10. The van der Waals surface area contributed by atoms with Crippen molar-refractivity contribution in [3.63, 3.8) is 0 Å². The Kier molecular flexibility index (Phi) is 14.6. The van der Waals surface area contributed by atoms with Crippen molar-refractivity contribution in [1.82, 2.24) is 31.6 Å². The molecular weight excluding hydrogens is 761 g/mol. The number of para-hydroxylation sites is 2. The zero-order valence-electron chi connectivity index (χ0n) is 32.4. The second-order valence-electron chi connectivity index (χ2n) is 13.6. The van der Waals surface area contributed by atoms with Gasteiger partial charge in [-0.25, -0.2) is 11.0 Å². The Labute approximate surface area is 338 Å². The smallest absolute Gasteiger partial charge is 0.276 e. The highest BCUT2D eigenvalue weighted by Gasteiger charge is 2.30. The van der Waals surface area contributed by atoms with Gasteiger partial charge in [-0.05, 0) is 93.6 Å². The average molecular weight is 805 g/mol. The number of rotatable bonds is 14. The van der Waals surface area contributed by atoms with Gasteiger partial charge in [0.05, 0.1) is 24.1 Å². The zero-order chi connectivity index (χ0) is 42.5. The van der Waals surface area contributed by atoms with Crippen molar-refractivity contribution in [2.75, 3.05) is 13.1 Å². The largest absolute Gasteiger partial charge is 0.489 e. The summed E-state index contributed by atoms with van der Waals surface area (Å²) in [5.74, 6) is -1.74. The number of carbonyl (C=O) groups is 4. The topological polar surface area (TPSA) is 242 Å². The molecule has 8 N–H and O–H groups in total. The molecule has 2 atom stereocenters. The number of hydroxylamine groups is 2. The van der Waals surface area contributed by atoms with Gasteiger partial charge in [0.25, 0.3) is 23.6 Å². The summed E-state index contributed by atoms with van der Waals surface area (Å²) in [6.45, 7) is 5.09. The Hall–Kier alpha value is -6.98. The fraction of sp³-hybridized carbons (Fsp3) is 0.209. The van der Waals surface area contributed by atoms with Crippen LogP contribution in [-0.4, -0.2) is 79.0 Å². The van der Waals surface area contributed by atoms with E-state index < -0.39 is 35.3 Å². The van der Waals surface area contributed by atoms with Crippen LogP contribution in [0, 0.1) is 13.8 Å². The first-order chi connectivity index (χ1) is 28.3. The normalized spacial score (nSPS) is 12.3. The number of pyridine rings is 2. The van der Waals surface area contributed by atoms with E-state index in [1.165, 1.54) is 17.9 Å². The number of nitrogens with zero attached hydrogens (tertiary/aromatic N) is 2. The SMILES string of the molecule is Cc1cc(COc2ccc(C(=O)NC[C@@H](O)C(=O)NO)cc2)c2ccccc2n1.Cc1cc(COc2ccc(C(=O)NC[C@@](C)(O)C(=O)NO)cc2)c2ccccc2n1. The third-order valence-corrected chi connectivity index (χ3v) is 8.93. The molecule has 4 aromatic carbocycles. The number of carbonyl (C=O) groups excluding carboxylic acids is 4. The lowest BCUT2D eigenvalue weighted by molar-refractivity contribution is -0.146. The predicted molar refractivity (Wildman–Crippen MR) is 216 cm³/mol. The van der Waals surface area contributed by atoms with E-state index in [1.807, 2.05) is 74.5 Å². The molecule has 0 saturated heterocycles. The van der Waals surface area contributed by atoms with E-state index in [-0.39, 0.29) is 13.1 Å². The molecule has 0 aliphatic heterocycles. The van der Waals surface area contributed by atoms with Crippen molar-refractivity contribution >= 4 is 45.4 Å². The summed E-state index contributed by atoms with van der Waals surface area (Å²) in [6.07, 6.45) is -1.54. The summed E-state index contributed by atoms with van der Waals surface area (Å²) in [5.41, 5.74) is 7.11. The van der Waals surface area contributed by atoms with Gasteiger partial charge in [0, 0.05) is 44.4 Å². The summed E-state index contributed by atoms with van der Waals surface area (Å²) in [4.78, 5) is 55.7. The lowest BCUT2D eigenvalue weighted by atomic mass is 10.1. The molecule has 306 valence electrons. The molecule has 4 amide bonds. The van der Waals surface area contributed by atoms with E-state index in [0.717, 1.165) is 44.3 Å². The average Bonchev–Trinajstić information content (AvgIpc) is 3.25. The summed E-state index contributed by atoms with van der Waals surface area (Å²) >= 11 is 0. The van der Waals surface area contributed by atoms with Crippen molar-refractivity contribution < 1.29 is 49.3 Å². The number of hydrogen-bond acceptors (Lipinski definition) is 12. The van der Waals surface area contributed by atoms with E-state index in [2.05, 4.69) is 20.6 Å². The van der Waals surface area contributed by atoms with E-state index in [9.17, 15) is 29.4 Å². The van der Waals surface area contributed by atoms with Gasteiger partial charge in [-0.1, -0.05) is 36.4 Å². The van der Waals surface area contributed by atoms with E-state index >= 15 is 0 Å². The molecule has 6 rings (SSSR count). The number of hydrogen-bond donors (Lipinski definition) is 8. The van der Waals surface area contributed by atoms with Crippen molar-refractivity contribution in [2.24, 2.45) is 0 Å². The molecule has 0 unspecified atom stereocenters. The van der Waals surface area contributed by atoms with Gasteiger partial charge in [0.2, 0.25) is 0 Å². The number of nitrogens with one attached hydrogen (secondary N) is 4. The number of ether oxygens (including phenoxy) is 2. The predicted octanol–water partition coefficient (Wildman–Crippen LogP) is 3.83. The molecule has 0 fully saturated rings. The highest BCUT2D eigenvalue weighted by Crippen LogP contribution is 2.23. The van der Waals surface area contributed by atoms with Crippen LogP contribution in [0.1, 0.15) is 50.2 Å². The van der Waals surface area contributed by atoms with Crippen LogP contribution in [0.25, 0.3) is 21.8 Å². The Morgan fingerprint density at radius 3 is 1.54 bits per heavy atom. The van der Waals surface area contributed by atoms with Crippen LogP contribution in [0.15, 0.2) is 109 Å². The number of aliphatic hydroxyl groups is 2. The van der Waals surface area contributed by atoms with Crippen molar-refractivity contribution in [1.29, 1.82) is 0 Å². The first-order valence-corrected chi connectivity index (χ1v) is 18.3. The number of fused-ring (bicyclic) bond motifs is 2. The third-order valence-electron chi connectivity index (χ3n) is 8.93. The summed E-state index contributed by atoms with van der Waals surface area (Å²) in [6, 6.07) is 32.7. The van der Waals surface area contributed by atoms with Gasteiger partial charge in [-0.15, -0.1) is 0 Å². The monoisotopic (exact) mass is 804 g/mol. The first-order valence-electron chi connectivity index (χ1n) is 18.3. The molecule has 0 saturated carbocycles. The maximum absolute atomic E-state index is 12.2. The molecule has 0 spiro atoms. The second-order valence-corrected chi connectivity index (χ2v) is 13.6. The molecule has 0 radical (unpaired) electrons. The number of aryl methyl sites for hydroxylation is 2. The number of benzene rings is 4.